The minimum Gasteiger partial charge on any atom is -0.380 e. The van der Waals surface area contributed by atoms with E-state index >= 15 is 0 Å². The number of ether oxygens (including phenoxy) is 2. The molecule has 0 spiro atoms. The predicted molar refractivity (Wildman–Crippen MR) is 66.7 cm³/mol. The second kappa shape index (κ2) is 6.58. The molecule has 0 aromatic carbocycles. The van der Waals surface area contributed by atoms with Crippen molar-refractivity contribution < 1.29 is 9.47 Å². The van der Waals surface area contributed by atoms with Gasteiger partial charge in [0.2, 0.25) is 0 Å². The Labute approximate surface area is 99.9 Å². The van der Waals surface area contributed by atoms with Crippen molar-refractivity contribution in [2.24, 2.45) is 5.92 Å². The van der Waals surface area contributed by atoms with Gasteiger partial charge in [0.15, 0.2) is 0 Å². The van der Waals surface area contributed by atoms with Crippen LogP contribution in [0.5, 0.6) is 0 Å². The summed E-state index contributed by atoms with van der Waals surface area (Å²) in [7, 11) is 1.75. The summed E-state index contributed by atoms with van der Waals surface area (Å²) >= 11 is 0. The molecular formula is C13H27NO2. The van der Waals surface area contributed by atoms with Gasteiger partial charge in [-0.25, -0.2) is 0 Å². The highest BCUT2D eigenvalue weighted by Gasteiger charge is 2.27. The van der Waals surface area contributed by atoms with Crippen LogP contribution in [0.4, 0.5) is 0 Å². The normalized spacial score (nSPS) is 18.8. The third-order valence-electron chi connectivity index (χ3n) is 3.44. The molecular weight excluding hydrogens is 202 g/mol. The lowest BCUT2D eigenvalue weighted by Crippen LogP contribution is -2.31. The zero-order valence-corrected chi connectivity index (χ0v) is 11.2. The van der Waals surface area contributed by atoms with E-state index < -0.39 is 0 Å². The van der Waals surface area contributed by atoms with E-state index in [4.69, 9.17) is 9.47 Å². The molecule has 0 heterocycles. The Morgan fingerprint density at radius 3 is 2.56 bits per heavy atom. The Kier molecular flexibility index (Phi) is 5.73. The van der Waals surface area contributed by atoms with E-state index in [2.05, 4.69) is 26.1 Å². The molecule has 1 atom stereocenters. The fourth-order valence-electron chi connectivity index (χ4n) is 1.64. The van der Waals surface area contributed by atoms with E-state index in [1.54, 1.807) is 7.11 Å². The van der Waals surface area contributed by atoms with E-state index in [-0.39, 0.29) is 5.60 Å². The Morgan fingerprint density at radius 2 is 2.00 bits per heavy atom. The molecule has 1 fully saturated rings. The highest BCUT2D eigenvalue weighted by molar-refractivity contribution is 4.82. The van der Waals surface area contributed by atoms with Gasteiger partial charge in [-0.2, -0.15) is 0 Å². The Morgan fingerprint density at radius 1 is 1.31 bits per heavy atom. The Balaban J connectivity index is 1.87. The molecule has 0 radical (unpaired) electrons. The molecule has 0 aromatic rings. The summed E-state index contributed by atoms with van der Waals surface area (Å²) in [4.78, 5) is 0. The van der Waals surface area contributed by atoms with Crippen LogP contribution in [0.1, 0.15) is 40.0 Å². The maximum absolute atomic E-state index is 5.58. The van der Waals surface area contributed by atoms with Gasteiger partial charge in [0.1, 0.15) is 0 Å². The Hall–Kier alpha value is -0.120. The monoisotopic (exact) mass is 229 g/mol. The average molecular weight is 229 g/mol. The maximum atomic E-state index is 5.58. The van der Waals surface area contributed by atoms with Crippen molar-refractivity contribution in [2.75, 3.05) is 26.9 Å². The fourth-order valence-corrected chi connectivity index (χ4v) is 1.64. The van der Waals surface area contributed by atoms with Gasteiger partial charge in [-0.15, -0.1) is 0 Å². The van der Waals surface area contributed by atoms with E-state index in [1.807, 2.05) is 0 Å². The molecule has 3 nitrogen and oxygen atoms in total. The third kappa shape index (κ3) is 5.83. The largest absolute Gasteiger partial charge is 0.380 e. The van der Waals surface area contributed by atoms with Crippen molar-refractivity contribution in [1.82, 2.24) is 5.32 Å². The van der Waals surface area contributed by atoms with Gasteiger partial charge in [0.05, 0.1) is 12.2 Å². The second-order valence-corrected chi connectivity index (χ2v) is 5.41. The molecule has 16 heavy (non-hydrogen) atoms. The van der Waals surface area contributed by atoms with Crippen LogP contribution in [0.2, 0.25) is 0 Å². The van der Waals surface area contributed by atoms with Gasteiger partial charge in [-0.05, 0) is 46.0 Å². The lowest BCUT2D eigenvalue weighted by atomic mass is 10.1. The van der Waals surface area contributed by atoms with E-state index in [0.29, 0.717) is 6.04 Å². The van der Waals surface area contributed by atoms with Gasteiger partial charge in [0, 0.05) is 26.3 Å². The third-order valence-corrected chi connectivity index (χ3v) is 3.44. The fraction of sp³-hybridized carbons (Fsp3) is 1.00. The Bertz CT molecular complexity index is 190. The molecule has 96 valence electrons. The van der Waals surface area contributed by atoms with Crippen molar-refractivity contribution in [2.45, 2.75) is 51.7 Å². The molecule has 3 heteroatoms. The molecule has 0 amide bonds. The molecule has 0 bridgehead atoms. The van der Waals surface area contributed by atoms with Gasteiger partial charge in [0.25, 0.3) is 0 Å². The number of nitrogens with one attached hydrogen (secondary N) is 1. The van der Waals surface area contributed by atoms with Crippen LogP contribution in [0, 0.1) is 5.92 Å². The predicted octanol–water partition coefficient (Wildman–Crippen LogP) is 2.21. The van der Waals surface area contributed by atoms with Crippen LogP contribution >= 0.6 is 0 Å². The average Bonchev–Trinajstić information content (AvgIpc) is 3.06. The molecule has 1 saturated carbocycles. The van der Waals surface area contributed by atoms with Crippen molar-refractivity contribution in [3.63, 3.8) is 0 Å². The van der Waals surface area contributed by atoms with E-state index in [0.717, 1.165) is 32.1 Å². The molecule has 0 aliphatic heterocycles. The van der Waals surface area contributed by atoms with E-state index in [1.165, 1.54) is 12.8 Å². The standard InChI is InChI=1S/C13H27NO2/c1-11(12-5-6-12)14-8-10-16-9-7-13(2,3)15-4/h11-12,14H,5-10H2,1-4H3. The lowest BCUT2D eigenvalue weighted by Gasteiger charge is -2.22. The van der Waals surface area contributed by atoms with Crippen LogP contribution in [-0.4, -0.2) is 38.5 Å². The molecule has 0 saturated heterocycles. The summed E-state index contributed by atoms with van der Waals surface area (Å²) in [6, 6.07) is 0.666. The van der Waals surface area contributed by atoms with Crippen LogP contribution in [0.25, 0.3) is 0 Å². The first-order valence-corrected chi connectivity index (χ1v) is 6.41. The summed E-state index contributed by atoms with van der Waals surface area (Å²) in [6.07, 6.45) is 3.75. The second-order valence-electron chi connectivity index (χ2n) is 5.41. The molecule has 1 N–H and O–H groups in total. The molecule has 0 aromatic heterocycles. The van der Waals surface area contributed by atoms with Crippen molar-refractivity contribution in [1.29, 1.82) is 0 Å². The maximum Gasteiger partial charge on any atom is 0.0644 e. The van der Waals surface area contributed by atoms with Crippen molar-refractivity contribution in [3.8, 4) is 0 Å². The SMILES string of the molecule is COC(C)(C)CCOCCNC(C)C1CC1. The number of hydrogen-bond donors (Lipinski definition) is 1. The summed E-state index contributed by atoms with van der Waals surface area (Å²) in [5.41, 5.74) is -0.0608. The number of rotatable bonds is 9. The van der Waals surface area contributed by atoms with Gasteiger partial charge in [-0.1, -0.05) is 0 Å². The smallest absolute Gasteiger partial charge is 0.0644 e. The minimum absolute atomic E-state index is 0.0608. The highest BCUT2D eigenvalue weighted by atomic mass is 16.5. The summed E-state index contributed by atoms with van der Waals surface area (Å²) in [5, 5.41) is 3.50. The zero-order chi connectivity index (χ0) is 12.0. The van der Waals surface area contributed by atoms with Crippen LogP contribution in [-0.2, 0) is 9.47 Å². The van der Waals surface area contributed by atoms with Gasteiger partial charge in [-0.3, -0.25) is 0 Å². The van der Waals surface area contributed by atoms with Gasteiger partial charge >= 0.3 is 0 Å². The highest BCUT2D eigenvalue weighted by Crippen LogP contribution is 2.32. The van der Waals surface area contributed by atoms with Crippen LogP contribution < -0.4 is 5.32 Å². The van der Waals surface area contributed by atoms with E-state index in [9.17, 15) is 0 Å². The van der Waals surface area contributed by atoms with Crippen molar-refractivity contribution in [3.05, 3.63) is 0 Å². The van der Waals surface area contributed by atoms with Crippen molar-refractivity contribution >= 4 is 0 Å². The van der Waals surface area contributed by atoms with Gasteiger partial charge < -0.3 is 14.8 Å². The first-order valence-electron chi connectivity index (χ1n) is 6.41. The first-order chi connectivity index (χ1) is 7.55. The molecule has 1 aliphatic rings. The zero-order valence-electron chi connectivity index (χ0n) is 11.2. The molecule has 1 rings (SSSR count). The first kappa shape index (κ1) is 13.9. The minimum atomic E-state index is -0.0608. The van der Waals surface area contributed by atoms with Crippen LogP contribution in [0.3, 0.4) is 0 Å². The number of methoxy groups -OCH3 is 1. The summed E-state index contributed by atoms with van der Waals surface area (Å²) < 4.78 is 10.9. The van der Waals surface area contributed by atoms with Crippen LogP contribution in [0.15, 0.2) is 0 Å². The summed E-state index contributed by atoms with van der Waals surface area (Å²) in [5.74, 6) is 0.924. The molecule has 1 unspecified atom stereocenters. The summed E-state index contributed by atoms with van der Waals surface area (Å²) in [6.45, 7) is 8.99. The quantitative estimate of drug-likeness (QED) is 0.615. The number of hydrogen-bond acceptors (Lipinski definition) is 3. The molecule has 1 aliphatic carbocycles. The topological polar surface area (TPSA) is 30.5 Å². The lowest BCUT2D eigenvalue weighted by molar-refractivity contribution is -0.00951.